The Morgan fingerprint density at radius 3 is 2.59 bits per heavy atom. The number of nitrogens with two attached hydrogens (primary N) is 1. The fourth-order valence-corrected chi connectivity index (χ4v) is 1.05. The average Bonchev–Trinajstić information content (AvgIpc) is 2.24. The first-order valence-corrected chi connectivity index (χ1v) is 4.53. The number of amides is 1. The summed E-state index contributed by atoms with van der Waals surface area (Å²) in [5.74, 6) is -3.64. The Bertz CT molecular complexity index is 477. The smallest absolute Gasteiger partial charge is 0.296 e. The molecule has 6 nitrogen and oxygen atoms in total. The summed E-state index contributed by atoms with van der Waals surface area (Å²) >= 11 is 0. The molecule has 92 valence electrons. The summed E-state index contributed by atoms with van der Waals surface area (Å²) in [7, 11) is 0. The fourth-order valence-electron chi connectivity index (χ4n) is 1.05. The van der Waals surface area contributed by atoms with Crippen molar-refractivity contribution in [2.75, 3.05) is 5.32 Å². The quantitative estimate of drug-likeness (QED) is 0.616. The Labute approximate surface area is 94.6 Å². The molecule has 1 rings (SSSR count). The molecule has 1 amide bonds. The number of nitrogens with zero attached hydrogens (tertiary/aromatic N) is 1. The summed E-state index contributed by atoms with van der Waals surface area (Å²) in [5, 5.41) is 12.5. The Kier molecular flexibility index (Phi) is 3.69. The van der Waals surface area contributed by atoms with Gasteiger partial charge < -0.3 is 11.1 Å². The third-order valence-corrected chi connectivity index (χ3v) is 1.93. The van der Waals surface area contributed by atoms with Crippen molar-refractivity contribution in [3.63, 3.8) is 0 Å². The van der Waals surface area contributed by atoms with Crippen molar-refractivity contribution in [1.82, 2.24) is 0 Å². The molecule has 1 unspecified atom stereocenters. The monoisotopic (exact) mass is 245 g/mol. The van der Waals surface area contributed by atoms with Gasteiger partial charge >= 0.3 is 0 Å². The van der Waals surface area contributed by atoms with E-state index in [1.54, 1.807) is 0 Å². The molecular weight excluding hydrogens is 236 g/mol. The number of carbonyl (C=O) groups excluding carboxylic acids is 1. The van der Waals surface area contributed by atoms with Gasteiger partial charge in [0.05, 0.1) is 11.0 Å². The second-order valence-electron chi connectivity index (χ2n) is 3.29. The van der Waals surface area contributed by atoms with Crippen LogP contribution in [0, 0.1) is 21.7 Å². The molecule has 1 aromatic carbocycles. The first-order chi connectivity index (χ1) is 7.84. The van der Waals surface area contributed by atoms with Gasteiger partial charge in [0.2, 0.25) is 5.91 Å². The van der Waals surface area contributed by atoms with Crippen molar-refractivity contribution in [2.45, 2.75) is 13.0 Å². The maximum atomic E-state index is 13.3. The molecule has 0 bridgehead atoms. The Hall–Kier alpha value is -2.09. The van der Waals surface area contributed by atoms with E-state index in [1.165, 1.54) is 6.92 Å². The van der Waals surface area contributed by atoms with Gasteiger partial charge in [0.15, 0.2) is 17.3 Å². The highest BCUT2D eigenvalue weighted by molar-refractivity contribution is 5.96. The summed E-state index contributed by atoms with van der Waals surface area (Å²) in [6.45, 7) is 1.30. The van der Waals surface area contributed by atoms with E-state index < -0.39 is 39.9 Å². The lowest BCUT2D eigenvalue weighted by Crippen LogP contribution is -2.33. The highest BCUT2D eigenvalue weighted by atomic mass is 19.2. The van der Waals surface area contributed by atoms with E-state index in [0.29, 0.717) is 6.07 Å². The van der Waals surface area contributed by atoms with Gasteiger partial charge in [-0.1, -0.05) is 0 Å². The van der Waals surface area contributed by atoms with Crippen LogP contribution in [0.15, 0.2) is 12.1 Å². The third kappa shape index (κ3) is 2.72. The molecule has 0 aromatic heterocycles. The van der Waals surface area contributed by atoms with E-state index in [4.69, 9.17) is 5.73 Å². The van der Waals surface area contributed by atoms with Crippen LogP contribution >= 0.6 is 0 Å². The number of benzene rings is 1. The number of carbonyl (C=O) groups is 1. The first-order valence-electron chi connectivity index (χ1n) is 4.53. The topological polar surface area (TPSA) is 98.3 Å². The molecule has 0 aliphatic rings. The zero-order valence-electron chi connectivity index (χ0n) is 8.74. The van der Waals surface area contributed by atoms with Crippen molar-refractivity contribution in [3.05, 3.63) is 33.9 Å². The molecule has 0 aliphatic carbocycles. The Morgan fingerprint density at radius 2 is 2.12 bits per heavy atom. The summed E-state index contributed by atoms with van der Waals surface area (Å²) in [4.78, 5) is 20.8. The maximum absolute atomic E-state index is 13.3. The van der Waals surface area contributed by atoms with Crippen LogP contribution in [0.25, 0.3) is 0 Å². The number of nitrogens with one attached hydrogen (secondary N) is 1. The standard InChI is InChI=1S/C9H9F2N3O3/c1-4(12)9(15)13-8-6(14(16)17)3-2-5(10)7(8)11/h2-4H,12H2,1H3,(H,13,15). The maximum Gasteiger partial charge on any atom is 0.296 e. The van der Waals surface area contributed by atoms with E-state index in [-0.39, 0.29) is 0 Å². The molecule has 8 heteroatoms. The zero-order chi connectivity index (χ0) is 13.2. The van der Waals surface area contributed by atoms with Crippen LogP contribution in [0.5, 0.6) is 0 Å². The molecule has 0 aliphatic heterocycles. The van der Waals surface area contributed by atoms with Crippen molar-refractivity contribution < 1.29 is 18.5 Å². The van der Waals surface area contributed by atoms with Crippen LogP contribution in [0.1, 0.15) is 6.92 Å². The predicted molar refractivity (Wildman–Crippen MR) is 55.3 cm³/mol. The van der Waals surface area contributed by atoms with Crippen LogP contribution in [-0.4, -0.2) is 16.9 Å². The lowest BCUT2D eigenvalue weighted by Gasteiger charge is -2.09. The van der Waals surface area contributed by atoms with E-state index in [2.05, 4.69) is 0 Å². The average molecular weight is 245 g/mol. The van der Waals surface area contributed by atoms with Crippen LogP contribution in [-0.2, 0) is 4.79 Å². The predicted octanol–water partition coefficient (Wildman–Crippen LogP) is 1.16. The minimum absolute atomic E-state index is 0.606. The first kappa shape index (κ1) is 13.0. The van der Waals surface area contributed by atoms with Crippen LogP contribution in [0.4, 0.5) is 20.2 Å². The molecule has 0 spiro atoms. The lowest BCUT2D eigenvalue weighted by atomic mass is 10.2. The zero-order valence-corrected chi connectivity index (χ0v) is 8.74. The highest BCUT2D eigenvalue weighted by Gasteiger charge is 2.24. The molecule has 0 fully saturated rings. The number of nitro groups is 1. The molecule has 1 atom stereocenters. The van der Waals surface area contributed by atoms with E-state index in [0.717, 1.165) is 6.07 Å². The summed E-state index contributed by atoms with van der Waals surface area (Å²) < 4.78 is 26.2. The van der Waals surface area contributed by atoms with Gasteiger partial charge in [-0.2, -0.15) is 0 Å². The minimum atomic E-state index is -1.49. The van der Waals surface area contributed by atoms with Crippen molar-refractivity contribution in [3.8, 4) is 0 Å². The van der Waals surface area contributed by atoms with Crippen LogP contribution in [0.3, 0.4) is 0 Å². The van der Waals surface area contributed by atoms with Gasteiger partial charge in [0, 0.05) is 6.07 Å². The number of hydrogen-bond acceptors (Lipinski definition) is 4. The van der Waals surface area contributed by atoms with Gasteiger partial charge in [0.1, 0.15) is 0 Å². The Morgan fingerprint density at radius 1 is 1.53 bits per heavy atom. The number of halogens is 2. The van der Waals surface area contributed by atoms with Crippen molar-refractivity contribution >= 4 is 17.3 Å². The molecule has 3 N–H and O–H groups in total. The molecule has 1 aromatic rings. The molecule has 17 heavy (non-hydrogen) atoms. The molecule has 0 saturated carbocycles. The lowest BCUT2D eigenvalue weighted by molar-refractivity contribution is -0.384. The van der Waals surface area contributed by atoms with Crippen LogP contribution in [0.2, 0.25) is 0 Å². The molecule has 0 radical (unpaired) electrons. The van der Waals surface area contributed by atoms with Crippen molar-refractivity contribution in [1.29, 1.82) is 0 Å². The fraction of sp³-hybridized carbons (Fsp3) is 0.222. The second kappa shape index (κ2) is 4.83. The van der Waals surface area contributed by atoms with Gasteiger partial charge in [-0.25, -0.2) is 8.78 Å². The van der Waals surface area contributed by atoms with Crippen LogP contribution < -0.4 is 11.1 Å². The number of hydrogen-bond donors (Lipinski definition) is 2. The SMILES string of the molecule is CC(N)C(=O)Nc1c([N+](=O)[O-])ccc(F)c1F. The van der Waals surface area contributed by atoms with Gasteiger partial charge in [-0.15, -0.1) is 0 Å². The van der Waals surface area contributed by atoms with E-state index in [1.807, 2.05) is 5.32 Å². The number of nitro benzene ring substituents is 1. The van der Waals surface area contributed by atoms with E-state index >= 15 is 0 Å². The molecular formula is C9H9F2N3O3. The molecule has 0 heterocycles. The highest BCUT2D eigenvalue weighted by Crippen LogP contribution is 2.28. The third-order valence-electron chi connectivity index (χ3n) is 1.93. The minimum Gasteiger partial charge on any atom is -0.320 e. The number of anilines is 1. The number of rotatable bonds is 3. The summed E-state index contributed by atoms with van der Waals surface area (Å²) in [6, 6.07) is 0.363. The Balaban J connectivity index is 3.24. The molecule has 0 saturated heterocycles. The summed E-state index contributed by atoms with van der Waals surface area (Å²) in [5.41, 5.74) is 3.64. The van der Waals surface area contributed by atoms with Gasteiger partial charge in [-0.3, -0.25) is 14.9 Å². The van der Waals surface area contributed by atoms with Gasteiger partial charge in [-0.05, 0) is 13.0 Å². The normalized spacial score (nSPS) is 12.0. The van der Waals surface area contributed by atoms with Gasteiger partial charge in [0.25, 0.3) is 5.69 Å². The second-order valence-corrected chi connectivity index (χ2v) is 3.29. The summed E-state index contributed by atoms with van der Waals surface area (Å²) in [6.07, 6.45) is 0. The largest absolute Gasteiger partial charge is 0.320 e. The van der Waals surface area contributed by atoms with E-state index in [9.17, 15) is 23.7 Å². The van der Waals surface area contributed by atoms with Crippen molar-refractivity contribution in [2.24, 2.45) is 5.73 Å².